The number of hydrogen-bond acceptors (Lipinski definition) is 1. The average Bonchev–Trinajstić information content (AvgIpc) is 2.76. The average molecular weight is 204 g/mol. The van der Waals surface area contributed by atoms with Crippen LogP contribution in [0.3, 0.4) is 0 Å². The van der Waals surface area contributed by atoms with Crippen LogP contribution in [0.25, 0.3) is 0 Å². The van der Waals surface area contributed by atoms with Gasteiger partial charge in [0.15, 0.2) is 0 Å². The predicted molar refractivity (Wildman–Crippen MR) is 55.2 cm³/mol. The van der Waals surface area contributed by atoms with Crippen LogP contribution in [0.15, 0.2) is 11.6 Å². The first kappa shape index (κ1) is 8.37. The van der Waals surface area contributed by atoms with Crippen LogP contribution < -0.4 is 0 Å². The van der Waals surface area contributed by atoms with Crippen molar-refractivity contribution in [1.29, 1.82) is 0 Å². The Labute approximate surface area is 89.4 Å². The molecule has 4 rings (SSSR count). The van der Waals surface area contributed by atoms with Crippen LogP contribution in [0, 0.1) is 28.6 Å². The maximum absolute atomic E-state index is 10.9. The normalized spacial score (nSPS) is 57.1. The Morgan fingerprint density at radius 1 is 1.60 bits per heavy atom. The Kier molecular flexibility index (Phi) is 1.13. The van der Waals surface area contributed by atoms with E-state index in [0.29, 0.717) is 17.8 Å². The molecule has 15 heavy (non-hydrogen) atoms. The van der Waals surface area contributed by atoms with E-state index in [1.54, 1.807) is 5.57 Å². The van der Waals surface area contributed by atoms with Gasteiger partial charge in [-0.05, 0) is 47.8 Å². The van der Waals surface area contributed by atoms with Crippen molar-refractivity contribution in [2.75, 3.05) is 0 Å². The van der Waals surface area contributed by atoms with E-state index in [1.165, 1.54) is 19.3 Å². The van der Waals surface area contributed by atoms with Crippen molar-refractivity contribution in [3.05, 3.63) is 11.6 Å². The first-order chi connectivity index (χ1) is 7.19. The Morgan fingerprint density at radius 2 is 2.40 bits per heavy atom. The zero-order valence-electron chi connectivity index (χ0n) is 8.99. The second-order valence-corrected chi connectivity index (χ2v) is 5.80. The fourth-order valence-electron chi connectivity index (χ4n) is 5.64. The highest BCUT2D eigenvalue weighted by Gasteiger charge is 3.00. The lowest BCUT2D eigenvalue weighted by Crippen LogP contribution is -2.12. The van der Waals surface area contributed by atoms with Crippen molar-refractivity contribution in [1.82, 2.24) is 0 Å². The van der Waals surface area contributed by atoms with Gasteiger partial charge in [0, 0.05) is 0 Å². The summed E-state index contributed by atoms with van der Waals surface area (Å²) < 4.78 is 0. The third-order valence-electron chi connectivity index (χ3n) is 5.91. The Morgan fingerprint density at radius 3 is 3.07 bits per heavy atom. The largest absolute Gasteiger partial charge is 0.481 e. The molecule has 2 heteroatoms. The van der Waals surface area contributed by atoms with Gasteiger partial charge in [-0.25, -0.2) is 0 Å². The Balaban J connectivity index is 1.71. The number of allylic oxidation sites excluding steroid dienone is 2. The predicted octanol–water partition coefficient (Wildman–Crippen LogP) is 2.45. The number of fused-ring (bicyclic) bond motifs is 2. The standard InChI is InChI=1S/C13H16O2/c1-2-7-5-10-12(6-11(14)15)9-4-3-8(7)13(9,10)12/h5,8-10H,2-4,6H2,1H3,(H,14,15)/t8?,9-,10+,12+,13?/m1/s1. The number of aliphatic carboxylic acids is 1. The highest BCUT2D eigenvalue weighted by molar-refractivity contribution is 5.73. The van der Waals surface area contributed by atoms with Crippen LogP contribution in [0.2, 0.25) is 0 Å². The minimum Gasteiger partial charge on any atom is -0.481 e. The summed E-state index contributed by atoms with van der Waals surface area (Å²) in [5.74, 6) is 1.63. The molecule has 0 heterocycles. The molecule has 0 aromatic heterocycles. The van der Waals surface area contributed by atoms with Gasteiger partial charge in [-0.2, -0.15) is 0 Å². The molecule has 0 bridgehead atoms. The van der Waals surface area contributed by atoms with E-state index in [-0.39, 0.29) is 5.41 Å². The highest BCUT2D eigenvalue weighted by Crippen LogP contribution is 3.04. The maximum atomic E-state index is 10.9. The lowest BCUT2D eigenvalue weighted by atomic mass is 9.89. The molecular weight excluding hydrogens is 188 g/mol. The molecule has 2 nitrogen and oxygen atoms in total. The fraction of sp³-hybridized carbons (Fsp3) is 0.769. The minimum absolute atomic E-state index is 0.250. The maximum Gasteiger partial charge on any atom is 0.303 e. The van der Waals surface area contributed by atoms with Crippen molar-refractivity contribution in [3.63, 3.8) is 0 Å². The van der Waals surface area contributed by atoms with E-state index >= 15 is 0 Å². The number of rotatable bonds is 3. The summed E-state index contributed by atoms with van der Waals surface area (Å²) in [6.45, 7) is 2.24. The van der Waals surface area contributed by atoms with Crippen LogP contribution in [-0.2, 0) is 4.79 Å². The molecule has 0 amide bonds. The van der Waals surface area contributed by atoms with Crippen LogP contribution >= 0.6 is 0 Å². The van der Waals surface area contributed by atoms with Gasteiger partial charge in [-0.15, -0.1) is 0 Å². The third kappa shape index (κ3) is 0.565. The molecule has 1 spiro atoms. The summed E-state index contributed by atoms with van der Waals surface area (Å²) in [5, 5.41) is 9.00. The van der Waals surface area contributed by atoms with Crippen molar-refractivity contribution in [2.45, 2.75) is 32.6 Å². The second kappa shape index (κ2) is 2.02. The Hall–Kier alpha value is -0.790. The summed E-state index contributed by atoms with van der Waals surface area (Å²) >= 11 is 0. The van der Waals surface area contributed by atoms with Crippen molar-refractivity contribution < 1.29 is 9.90 Å². The van der Waals surface area contributed by atoms with Gasteiger partial charge in [-0.1, -0.05) is 18.6 Å². The van der Waals surface area contributed by atoms with E-state index in [2.05, 4.69) is 13.0 Å². The monoisotopic (exact) mass is 204 g/mol. The molecule has 0 aromatic rings. The molecule has 0 radical (unpaired) electrons. The van der Waals surface area contributed by atoms with E-state index < -0.39 is 5.97 Å². The van der Waals surface area contributed by atoms with Crippen molar-refractivity contribution in [3.8, 4) is 0 Å². The van der Waals surface area contributed by atoms with Gasteiger partial charge >= 0.3 is 5.97 Å². The van der Waals surface area contributed by atoms with Gasteiger partial charge in [0.25, 0.3) is 0 Å². The molecule has 4 aliphatic carbocycles. The van der Waals surface area contributed by atoms with Crippen LogP contribution in [0.4, 0.5) is 0 Å². The van der Waals surface area contributed by atoms with Crippen molar-refractivity contribution >= 4 is 5.97 Å². The summed E-state index contributed by atoms with van der Waals surface area (Å²) in [6, 6.07) is 0. The van der Waals surface area contributed by atoms with Gasteiger partial charge in [0.2, 0.25) is 0 Å². The zero-order chi connectivity index (χ0) is 10.4. The molecule has 0 aliphatic heterocycles. The fourth-order valence-corrected chi connectivity index (χ4v) is 5.64. The van der Waals surface area contributed by atoms with Crippen LogP contribution in [0.5, 0.6) is 0 Å². The van der Waals surface area contributed by atoms with E-state index in [0.717, 1.165) is 11.8 Å². The molecule has 0 saturated heterocycles. The van der Waals surface area contributed by atoms with E-state index in [4.69, 9.17) is 5.11 Å². The minimum atomic E-state index is -0.585. The summed E-state index contributed by atoms with van der Waals surface area (Å²) in [4.78, 5) is 10.9. The lowest BCUT2D eigenvalue weighted by molar-refractivity contribution is -0.138. The molecule has 5 atom stereocenters. The number of carboxylic acid groups (broad SMARTS) is 1. The molecule has 3 saturated carbocycles. The molecular formula is C13H16O2. The van der Waals surface area contributed by atoms with Crippen LogP contribution in [-0.4, -0.2) is 11.1 Å². The SMILES string of the molecule is CCC1=C[C@@H]2C34C1CC[C@@H]3[C@@]24CC(=O)O. The lowest BCUT2D eigenvalue weighted by Gasteiger charge is -2.16. The van der Waals surface area contributed by atoms with Gasteiger partial charge < -0.3 is 5.11 Å². The smallest absolute Gasteiger partial charge is 0.303 e. The first-order valence-electron chi connectivity index (χ1n) is 6.12. The Bertz CT molecular complexity index is 411. The number of carbonyl (C=O) groups is 1. The summed E-state index contributed by atoms with van der Waals surface area (Å²) in [5.41, 5.74) is 2.37. The van der Waals surface area contributed by atoms with Gasteiger partial charge in [0.05, 0.1) is 6.42 Å². The summed E-state index contributed by atoms with van der Waals surface area (Å²) in [7, 11) is 0. The summed E-state index contributed by atoms with van der Waals surface area (Å²) in [6.07, 6.45) is 6.68. The van der Waals surface area contributed by atoms with E-state index in [9.17, 15) is 4.79 Å². The highest BCUT2D eigenvalue weighted by atomic mass is 16.4. The number of carboxylic acids is 1. The number of hydrogen-bond donors (Lipinski definition) is 1. The topological polar surface area (TPSA) is 37.3 Å². The first-order valence-corrected chi connectivity index (χ1v) is 6.12. The molecule has 80 valence electrons. The zero-order valence-corrected chi connectivity index (χ0v) is 8.99. The molecule has 4 aliphatic rings. The quantitative estimate of drug-likeness (QED) is 0.717. The van der Waals surface area contributed by atoms with Gasteiger partial charge in [-0.3, -0.25) is 4.79 Å². The molecule has 1 N–H and O–H groups in total. The molecule has 2 unspecified atom stereocenters. The van der Waals surface area contributed by atoms with Gasteiger partial charge in [0.1, 0.15) is 0 Å². The second-order valence-electron chi connectivity index (χ2n) is 5.80. The molecule has 3 fully saturated rings. The molecule has 0 aromatic carbocycles. The van der Waals surface area contributed by atoms with Crippen LogP contribution in [0.1, 0.15) is 32.6 Å². The third-order valence-corrected chi connectivity index (χ3v) is 5.91. The van der Waals surface area contributed by atoms with E-state index in [1.807, 2.05) is 0 Å². The van der Waals surface area contributed by atoms with Crippen molar-refractivity contribution in [2.24, 2.45) is 28.6 Å².